The molecule has 11 heteroatoms. The summed E-state index contributed by atoms with van der Waals surface area (Å²) in [4.78, 5) is 33.5. The van der Waals surface area contributed by atoms with E-state index < -0.39 is 19.7 Å². The van der Waals surface area contributed by atoms with Gasteiger partial charge in [0.25, 0.3) is 5.91 Å². The average Bonchev–Trinajstić information content (AvgIpc) is 3.63. The van der Waals surface area contributed by atoms with Crippen LogP contribution in [0.25, 0.3) is 0 Å². The summed E-state index contributed by atoms with van der Waals surface area (Å²) >= 11 is 0. The average molecular weight is 778 g/mol. The van der Waals surface area contributed by atoms with Crippen LogP contribution in [0.4, 0.5) is 17.1 Å². The maximum Gasteiger partial charge on any atom is 0.264 e. The highest BCUT2D eigenvalue weighted by molar-refractivity contribution is 6.91. The Kier molecular flexibility index (Phi) is 11.7. The fourth-order valence-electron chi connectivity index (χ4n) is 9.48. The number of amides is 2. The number of methoxy groups -OCH3 is 1. The van der Waals surface area contributed by atoms with Crippen LogP contribution in [0.3, 0.4) is 0 Å². The zero-order valence-electron chi connectivity index (χ0n) is 33.2. The van der Waals surface area contributed by atoms with E-state index in [1.807, 2.05) is 90.7 Å². The van der Waals surface area contributed by atoms with Gasteiger partial charge in [-0.1, -0.05) is 67.7 Å². The zero-order chi connectivity index (χ0) is 39.6. The summed E-state index contributed by atoms with van der Waals surface area (Å²) in [5.41, 5.74) is 3.54. The van der Waals surface area contributed by atoms with E-state index in [0.29, 0.717) is 44.6 Å². The van der Waals surface area contributed by atoms with E-state index in [2.05, 4.69) is 37.5 Å². The first kappa shape index (κ1) is 39.7. The Balaban J connectivity index is 1.36. The first-order valence-corrected chi connectivity index (χ1v) is 23.0. The number of nitrogens with one attached hydrogen (secondary N) is 1. The van der Waals surface area contributed by atoms with Crippen LogP contribution in [0, 0.1) is 5.92 Å². The number of aliphatic hydroxyl groups excluding tert-OH is 2. The second kappa shape index (κ2) is 16.5. The van der Waals surface area contributed by atoms with Gasteiger partial charge >= 0.3 is 0 Å². The highest BCUT2D eigenvalue weighted by Crippen LogP contribution is 2.60. The smallest absolute Gasteiger partial charge is 0.264 e. The molecule has 0 saturated carbocycles. The SMILES string of the molecule is CCOc1ccc2c(c1)CC(NCCCCO)C(=O)N2c1ccc2c(c1)[C@]1(O[C@@H](CCO)[C@H]([Si](C)(C)c3ccc(OC)cc3)[C@H]1C)C(=O)N2Cc1ccccc1. The van der Waals surface area contributed by atoms with Gasteiger partial charge in [0.05, 0.1) is 51.9 Å². The summed E-state index contributed by atoms with van der Waals surface area (Å²) in [5.74, 6) is 1.06. The Bertz CT molecular complexity index is 2030. The third-order valence-corrected chi connectivity index (χ3v) is 16.6. The van der Waals surface area contributed by atoms with E-state index in [9.17, 15) is 15.0 Å². The van der Waals surface area contributed by atoms with Gasteiger partial charge in [0.1, 0.15) is 11.5 Å². The van der Waals surface area contributed by atoms with Gasteiger partial charge in [0.15, 0.2) is 5.60 Å². The second-order valence-corrected chi connectivity index (χ2v) is 20.5. The molecule has 3 heterocycles. The molecule has 0 radical (unpaired) electrons. The number of benzene rings is 4. The Labute approximate surface area is 331 Å². The molecule has 2 amide bonds. The quantitative estimate of drug-likeness (QED) is 0.0967. The number of fused-ring (bicyclic) bond motifs is 3. The number of hydrogen-bond donors (Lipinski definition) is 3. The first-order valence-electron chi connectivity index (χ1n) is 20.0. The lowest BCUT2D eigenvalue weighted by molar-refractivity contribution is -0.146. The molecule has 4 aromatic carbocycles. The first-order chi connectivity index (χ1) is 27.1. The molecule has 1 saturated heterocycles. The van der Waals surface area contributed by atoms with Crippen molar-refractivity contribution >= 4 is 42.1 Å². The Hall–Kier alpha value is -4.52. The minimum atomic E-state index is -2.39. The van der Waals surface area contributed by atoms with Crippen molar-refractivity contribution in [2.24, 2.45) is 5.92 Å². The molecule has 7 rings (SSSR count). The molecule has 296 valence electrons. The van der Waals surface area contributed by atoms with Crippen molar-refractivity contribution in [3.8, 4) is 11.5 Å². The maximum absolute atomic E-state index is 15.3. The predicted octanol–water partition coefficient (Wildman–Crippen LogP) is 6.19. The van der Waals surface area contributed by atoms with Gasteiger partial charge in [-0.2, -0.15) is 0 Å². The van der Waals surface area contributed by atoms with Crippen LogP contribution in [-0.4, -0.2) is 75.7 Å². The van der Waals surface area contributed by atoms with E-state index in [1.165, 1.54) is 5.19 Å². The Morgan fingerprint density at radius 3 is 2.34 bits per heavy atom. The van der Waals surface area contributed by atoms with Crippen molar-refractivity contribution in [1.29, 1.82) is 0 Å². The minimum Gasteiger partial charge on any atom is -0.497 e. The van der Waals surface area contributed by atoms with Gasteiger partial charge < -0.3 is 34.6 Å². The van der Waals surface area contributed by atoms with Crippen LogP contribution in [0.5, 0.6) is 11.5 Å². The van der Waals surface area contributed by atoms with E-state index >= 15 is 4.79 Å². The molecule has 3 N–H and O–H groups in total. The summed E-state index contributed by atoms with van der Waals surface area (Å²) < 4.78 is 18.6. The van der Waals surface area contributed by atoms with Crippen LogP contribution < -0.4 is 29.8 Å². The number of ether oxygens (including phenoxy) is 3. The van der Waals surface area contributed by atoms with Crippen LogP contribution in [0.2, 0.25) is 18.6 Å². The Morgan fingerprint density at radius 1 is 0.911 bits per heavy atom. The third kappa shape index (κ3) is 7.04. The normalized spacial score (nSPS) is 23.1. The molecule has 1 spiro atoms. The highest BCUT2D eigenvalue weighted by atomic mass is 28.3. The molecular formula is C45H55N3O7Si. The van der Waals surface area contributed by atoms with Gasteiger partial charge in [-0.05, 0) is 104 Å². The van der Waals surface area contributed by atoms with Crippen molar-refractivity contribution in [1.82, 2.24) is 5.32 Å². The van der Waals surface area contributed by atoms with Crippen LogP contribution in [-0.2, 0) is 32.9 Å². The van der Waals surface area contributed by atoms with Gasteiger partial charge in [0.2, 0.25) is 5.91 Å². The number of unbranched alkanes of at least 4 members (excludes halogenated alkanes) is 1. The molecule has 1 fully saturated rings. The second-order valence-electron chi connectivity index (χ2n) is 15.8. The number of carbonyl (C=O) groups excluding carboxylic acids is 2. The summed E-state index contributed by atoms with van der Waals surface area (Å²) in [6.07, 6.45) is 1.91. The molecule has 1 unspecified atom stereocenters. The van der Waals surface area contributed by atoms with Gasteiger partial charge in [-0.25, -0.2) is 0 Å². The topological polar surface area (TPSA) is 121 Å². The minimum absolute atomic E-state index is 0.0259. The highest BCUT2D eigenvalue weighted by Gasteiger charge is 2.66. The van der Waals surface area contributed by atoms with Crippen molar-refractivity contribution in [3.05, 3.63) is 108 Å². The zero-order valence-corrected chi connectivity index (χ0v) is 34.2. The van der Waals surface area contributed by atoms with Gasteiger partial charge in [0, 0.05) is 30.4 Å². The van der Waals surface area contributed by atoms with Crippen LogP contribution in [0.15, 0.2) is 91.0 Å². The fourth-order valence-corrected chi connectivity index (χ4v) is 13.5. The lowest BCUT2D eigenvalue weighted by Crippen LogP contribution is -2.52. The molecule has 0 aromatic heterocycles. The molecule has 3 aliphatic heterocycles. The van der Waals surface area contributed by atoms with Crippen LogP contribution in [0.1, 0.15) is 49.8 Å². The van der Waals surface area contributed by atoms with Crippen molar-refractivity contribution in [2.75, 3.05) is 43.3 Å². The van der Waals surface area contributed by atoms with E-state index in [-0.39, 0.29) is 42.6 Å². The predicted molar refractivity (Wildman–Crippen MR) is 222 cm³/mol. The number of carbonyl (C=O) groups is 2. The van der Waals surface area contributed by atoms with Crippen molar-refractivity contribution < 1.29 is 34.0 Å². The molecule has 0 bridgehead atoms. The van der Waals surface area contributed by atoms with Gasteiger partial charge in [-0.3, -0.25) is 14.5 Å². The van der Waals surface area contributed by atoms with Gasteiger partial charge in [-0.15, -0.1) is 0 Å². The molecule has 3 aliphatic rings. The number of anilines is 3. The number of aliphatic hydroxyl groups is 2. The molecule has 56 heavy (non-hydrogen) atoms. The fraction of sp³-hybridized carbons (Fsp3) is 0.422. The lowest BCUT2D eigenvalue weighted by Gasteiger charge is -2.37. The third-order valence-electron chi connectivity index (χ3n) is 12.2. The van der Waals surface area contributed by atoms with E-state index in [0.717, 1.165) is 46.0 Å². The summed E-state index contributed by atoms with van der Waals surface area (Å²) in [6.45, 7) is 10.3. The molecule has 4 aromatic rings. The maximum atomic E-state index is 15.3. The standard InChI is InChI=1S/C45H55N3O7Si/c1-6-54-35-17-21-39-32(26-35)27-38(46-23-10-11-24-49)43(51)48(39)33-14-20-40-37(28-33)45(44(52)47(40)29-31-12-8-7-9-13-31)30(2)42(41(55-45)22-25-50)56(4,5)36-18-15-34(53-3)16-19-36/h7-9,12-21,26,28,30,38,41-42,46,49-50H,6,10-11,22-25,27,29H2,1-5H3/t30-,38?,41+,42-,45+/m1/s1. The Morgan fingerprint density at radius 2 is 1.64 bits per heavy atom. The largest absolute Gasteiger partial charge is 0.497 e. The summed E-state index contributed by atoms with van der Waals surface area (Å²) in [5, 5.41) is 24.5. The number of hydrogen-bond acceptors (Lipinski definition) is 8. The van der Waals surface area contributed by atoms with E-state index in [4.69, 9.17) is 14.2 Å². The number of nitrogens with zero attached hydrogens (tertiary/aromatic N) is 2. The molecule has 5 atom stereocenters. The monoisotopic (exact) mass is 777 g/mol. The van der Waals surface area contributed by atoms with E-state index in [1.54, 1.807) is 12.0 Å². The van der Waals surface area contributed by atoms with Crippen molar-refractivity contribution in [2.45, 2.75) is 82.5 Å². The lowest BCUT2D eigenvalue weighted by atomic mass is 9.82. The summed E-state index contributed by atoms with van der Waals surface area (Å²) in [7, 11) is -0.733. The summed E-state index contributed by atoms with van der Waals surface area (Å²) in [6, 6.07) is 29.5. The van der Waals surface area contributed by atoms with Crippen molar-refractivity contribution in [3.63, 3.8) is 0 Å². The number of rotatable bonds is 15. The van der Waals surface area contributed by atoms with Crippen LogP contribution >= 0.6 is 0 Å². The molecule has 10 nitrogen and oxygen atoms in total. The molecular weight excluding hydrogens is 723 g/mol. The molecule has 0 aliphatic carbocycles.